The molecular formula is C18H23FN6O. The van der Waals surface area contributed by atoms with Gasteiger partial charge in [0.25, 0.3) is 5.91 Å². The summed E-state index contributed by atoms with van der Waals surface area (Å²) >= 11 is 0. The second kappa shape index (κ2) is 7.65. The molecule has 2 aromatic rings. The van der Waals surface area contributed by atoms with E-state index >= 15 is 0 Å². The topological polar surface area (TPSA) is 119 Å². The highest BCUT2D eigenvalue weighted by Crippen LogP contribution is 2.26. The third kappa shape index (κ3) is 4.08. The molecular weight excluding hydrogens is 335 g/mol. The zero-order valence-corrected chi connectivity index (χ0v) is 14.6. The van der Waals surface area contributed by atoms with Crippen LogP contribution in [0.1, 0.15) is 41.7 Å². The summed E-state index contributed by atoms with van der Waals surface area (Å²) < 4.78 is 14.5. The first kappa shape index (κ1) is 18.1. The molecule has 0 aliphatic heterocycles. The molecule has 6 N–H and O–H groups in total. The Bertz CT molecular complexity index is 812. The van der Waals surface area contributed by atoms with Gasteiger partial charge in [0.15, 0.2) is 11.6 Å². The quantitative estimate of drug-likeness (QED) is 0.652. The number of nitrogens with two attached hydrogens (primary N) is 2. The molecule has 1 fully saturated rings. The van der Waals surface area contributed by atoms with Gasteiger partial charge in [-0.1, -0.05) is 12.8 Å². The molecule has 1 aliphatic carbocycles. The van der Waals surface area contributed by atoms with Gasteiger partial charge in [-0.15, -0.1) is 0 Å². The van der Waals surface area contributed by atoms with Crippen molar-refractivity contribution in [2.24, 2.45) is 11.5 Å². The van der Waals surface area contributed by atoms with Gasteiger partial charge >= 0.3 is 0 Å². The second-order valence-corrected chi connectivity index (χ2v) is 6.59. The van der Waals surface area contributed by atoms with Crippen molar-refractivity contribution in [3.63, 3.8) is 0 Å². The molecule has 0 saturated heterocycles. The summed E-state index contributed by atoms with van der Waals surface area (Å²) in [5.41, 5.74) is 13.0. The Balaban J connectivity index is 1.92. The molecule has 2 heterocycles. The monoisotopic (exact) mass is 358 g/mol. The summed E-state index contributed by atoms with van der Waals surface area (Å²) in [4.78, 5) is 20.1. The molecule has 0 unspecified atom stereocenters. The van der Waals surface area contributed by atoms with E-state index in [4.69, 9.17) is 11.5 Å². The fourth-order valence-electron chi connectivity index (χ4n) is 3.15. The summed E-state index contributed by atoms with van der Waals surface area (Å²) in [6.45, 7) is 1.84. The van der Waals surface area contributed by atoms with E-state index in [0.717, 1.165) is 37.4 Å². The van der Waals surface area contributed by atoms with Gasteiger partial charge in [0.2, 0.25) is 0 Å². The summed E-state index contributed by atoms with van der Waals surface area (Å²) in [5.74, 6) is -1.14. The van der Waals surface area contributed by atoms with E-state index < -0.39 is 11.7 Å². The van der Waals surface area contributed by atoms with Crippen LogP contribution < -0.4 is 22.1 Å². The average Bonchev–Trinajstić information content (AvgIpc) is 2.59. The number of nitrogens with one attached hydrogen (secondary N) is 2. The number of nitrogens with zero attached hydrogens (tertiary/aromatic N) is 2. The van der Waals surface area contributed by atoms with Crippen LogP contribution in [-0.4, -0.2) is 28.0 Å². The molecule has 1 amide bonds. The highest BCUT2D eigenvalue weighted by Gasteiger charge is 2.24. The number of carbonyl (C=O) groups excluding carboxylic acids is 1. The fraction of sp³-hybridized carbons (Fsp3) is 0.389. The van der Waals surface area contributed by atoms with Gasteiger partial charge in [-0.25, -0.2) is 9.37 Å². The lowest BCUT2D eigenvalue weighted by atomic mass is 9.91. The molecule has 26 heavy (non-hydrogen) atoms. The van der Waals surface area contributed by atoms with E-state index in [0.29, 0.717) is 5.69 Å². The van der Waals surface area contributed by atoms with Crippen LogP contribution in [0, 0.1) is 12.7 Å². The van der Waals surface area contributed by atoms with E-state index in [-0.39, 0.29) is 29.3 Å². The van der Waals surface area contributed by atoms with Crippen LogP contribution in [0.3, 0.4) is 0 Å². The van der Waals surface area contributed by atoms with Crippen LogP contribution >= 0.6 is 0 Å². The van der Waals surface area contributed by atoms with Crippen molar-refractivity contribution >= 4 is 23.2 Å². The second-order valence-electron chi connectivity index (χ2n) is 6.59. The van der Waals surface area contributed by atoms with Crippen molar-refractivity contribution in [3.8, 4) is 0 Å². The number of hydrogen-bond donors (Lipinski definition) is 4. The number of pyridine rings is 2. The molecule has 1 saturated carbocycles. The fourth-order valence-corrected chi connectivity index (χ4v) is 3.15. The minimum absolute atomic E-state index is 0.0181. The van der Waals surface area contributed by atoms with Crippen LogP contribution in [0.4, 0.5) is 21.7 Å². The third-order valence-electron chi connectivity index (χ3n) is 4.54. The van der Waals surface area contributed by atoms with Crippen molar-refractivity contribution in [1.82, 2.24) is 9.97 Å². The highest BCUT2D eigenvalue weighted by atomic mass is 19.1. The standard InChI is InChI=1S/C18H23FN6O/c1-10-8-11(6-7-22-10)23-17-12(16(21)26)9-13(19)18(25-17)24-15-5-3-2-4-14(15)20/h6-9,14-15H,2-5,20H2,1H3,(H2,21,26)(H2,22,23,24,25)/t14-,15+/m0/s1. The maximum atomic E-state index is 14.5. The van der Waals surface area contributed by atoms with Crippen LogP contribution in [0.5, 0.6) is 0 Å². The lowest BCUT2D eigenvalue weighted by molar-refractivity contribution is 0.100. The van der Waals surface area contributed by atoms with Gasteiger partial charge in [0.1, 0.15) is 5.82 Å². The Morgan fingerprint density at radius 3 is 2.73 bits per heavy atom. The maximum absolute atomic E-state index is 14.5. The van der Waals surface area contributed by atoms with Gasteiger partial charge in [-0.05, 0) is 38.0 Å². The Kier molecular flexibility index (Phi) is 5.32. The van der Waals surface area contributed by atoms with E-state index in [9.17, 15) is 9.18 Å². The number of halogens is 1. The number of rotatable bonds is 5. The third-order valence-corrected chi connectivity index (χ3v) is 4.54. The molecule has 3 rings (SSSR count). The molecule has 0 spiro atoms. The smallest absolute Gasteiger partial charge is 0.252 e. The summed E-state index contributed by atoms with van der Waals surface area (Å²) in [6.07, 6.45) is 5.48. The molecule has 138 valence electrons. The first-order valence-corrected chi connectivity index (χ1v) is 8.66. The van der Waals surface area contributed by atoms with E-state index in [2.05, 4.69) is 20.6 Å². The number of aromatic nitrogens is 2. The van der Waals surface area contributed by atoms with Crippen LogP contribution in [0.2, 0.25) is 0 Å². The predicted octanol–water partition coefficient (Wildman–Crippen LogP) is 2.45. The number of carbonyl (C=O) groups is 1. The minimum Gasteiger partial charge on any atom is -0.365 e. The molecule has 8 heteroatoms. The van der Waals surface area contributed by atoms with Crippen molar-refractivity contribution in [2.45, 2.75) is 44.7 Å². The molecule has 1 aliphatic rings. The van der Waals surface area contributed by atoms with E-state index in [1.165, 1.54) is 0 Å². The zero-order chi connectivity index (χ0) is 18.7. The largest absolute Gasteiger partial charge is 0.365 e. The zero-order valence-electron chi connectivity index (χ0n) is 14.6. The van der Waals surface area contributed by atoms with Crippen molar-refractivity contribution < 1.29 is 9.18 Å². The van der Waals surface area contributed by atoms with Gasteiger partial charge in [0, 0.05) is 29.7 Å². The highest BCUT2D eigenvalue weighted by molar-refractivity contribution is 5.98. The maximum Gasteiger partial charge on any atom is 0.252 e. The van der Waals surface area contributed by atoms with Crippen molar-refractivity contribution in [2.75, 3.05) is 10.6 Å². The summed E-state index contributed by atoms with van der Waals surface area (Å²) in [7, 11) is 0. The van der Waals surface area contributed by atoms with Gasteiger partial charge in [-0.3, -0.25) is 9.78 Å². The van der Waals surface area contributed by atoms with Gasteiger partial charge < -0.3 is 22.1 Å². The Morgan fingerprint density at radius 2 is 2.04 bits per heavy atom. The molecule has 2 aromatic heterocycles. The number of aryl methyl sites for hydroxylation is 1. The number of primary amides is 1. The Labute approximate surface area is 151 Å². The number of amides is 1. The molecule has 2 atom stereocenters. The van der Waals surface area contributed by atoms with E-state index in [1.54, 1.807) is 18.3 Å². The van der Waals surface area contributed by atoms with Gasteiger partial charge in [-0.2, -0.15) is 0 Å². The summed E-state index contributed by atoms with van der Waals surface area (Å²) in [5, 5.41) is 6.11. The molecule has 0 bridgehead atoms. The first-order valence-electron chi connectivity index (χ1n) is 8.66. The lowest BCUT2D eigenvalue weighted by Gasteiger charge is -2.30. The first-order chi connectivity index (χ1) is 12.4. The van der Waals surface area contributed by atoms with Crippen LogP contribution in [0.15, 0.2) is 24.4 Å². The Morgan fingerprint density at radius 1 is 1.27 bits per heavy atom. The number of hydrogen-bond acceptors (Lipinski definition) is 6. The SMILES string of the molecule is Cc1cc(Nc2nc(N[C@@H]3CCCC[C@@H]3N)c(F)cc2C(N)=O)ccn1. The number of anilines is 3. The Hall–Kier alpha value is -2.74. The van der Waals surface area contributed by atoms with Crippen LogP contribution in [-0.2, 0) is 0 Å². The molecule has 0 radical (unpaired) electrons. The average molecular weight is 358 g/mol. The van der Waals surface area contributed by atoms with Crippen molar-refractivity contribution in [3.05, 3.63) is 41.5 Å². The minimum atomic E-state index is -0.759. The predicted molar refractivity (Wildman–Crippen MR) is 98.8 cm³/mol. The van der Waals surface area contributed by atoms with Gasteiger partial charge in [0.05, 0.1) is 5.56 Å². The van der Waals surface area contributed by atoms with Crippen LogP contribution in [0.25, 0.3) is 0 Å². The molecule has 0 aromatic carbocycles. The summed E-state index contributed by atoms with van der Waals surface area (Å²) in [6, 6.07) is 4.51. The van der Waals surface area contributed by atoms with E-state index in [1.807, 2.05) is 6.92 Å². The molecule has 7 nitrogen and oxygen atoms in total. The van der Waals surface area contributed by atoms with Crippen molar-refractivity contribution in [1.29, 1.82) is 0 Å². The normalized spacial score (nSPS) is 19.8. The lowest BCUT2D eigenvalue weighted by Crippen LogP contribution is -2.43.